The van der Waals surface area contributed by atoms with E-state index in [1.54, 1.807) is 0 Å². The lowest BCUT2D eigenvalue weighted by Crippen LogP contribution is -2.50. The molecule has 0 aromatic heterocycles. The summed E-state index contributed by atoms with van der Waals surface area (Å²) in [6.45, 7) is -0.529. The molecule has 1 aliphatic rings. The summed E-state index contributed by atoms with van der Waals surface area (Å²) in [4.78, 5) is 9.50. The smallest absolute Gasteiger partial charge is 0.321 e. The Morgan fingerprint density at radius 1 is 1.00 bits per heavy atom. The van der Waals surface area contributed by atoms with E-state index in [2.05, 4.69) is 9.05 Å². The second-order valence-corrected chi connectivity index (χ2v) is 10.3. The van der Waals surface area contributed by atoms with E-state index in [4.69, 9.17) is 5.73 Å². The van der Waals surface area contributed by atoms with Gasteiger partial charge in [0, 0.05) is 9.79 Å². The number of hydrogen-bond donors (Lipinski definition) is 2. The summed E-state index contributed by atoms with van der Waals surface area (Å²) in [5, 5.41) is 0. The molecule has 5 nitrogen and oxygen atoms in total. The summed E-state index contributed by atoms with van der Waals surface area (Å²) in [5.74, 6) is 0. The first kappa shape index (κ1) is 26.1. The Morgan fingerprint density at radius 2 is 1.64 bits per heavy atom. The molecule has 182 valence electrons. The molecule has 3 N–H and O–H groups in total. The summed E-state index contributed by atoms with van der Waals surface area (Å²) >= 11 is 0.799. The summed E-state index contributed by atoms with van der Waals surface area (Å²) in [7, 11) is -4.13. The van der Waals surface area contributed by atoms with E-state index in [0.717, 1.165) is 30.0 Å². The molecule has 0 radical (unpaired) electrons. The third kappa shape index (κ3) is 7.21. The summed E-state index contributed by atoms with van der Waals surface area (Å²) < 4.78 is 100. The van der Waals surface area contributed by atoms with E-state index in [9.17, 15) is 35.8 Å². The lowest BCUT2D eigenvalue weighted by atomic mass is 9.93. The molecule has 2 aromatic rings. The molecule has 1 fully saturated rings. The zero-order chi connectivity index (χ0) is 24.5. The van der Waals surface area contributed by atoms with Gasteiger partial charge in [-0.2, -0.15) is 26.3 Å². The van der Waals surface area contributed by atoms with Gasteiger partial charge in [-0.15, -0.1) is 0 Å². The first-order chi connectivity index (χ1) is 15.2. The number of phosphoric acid groups is 1. The number of benzene rings is 2. The lowest BCUT2D eigenvalue weighted by molar-refractivity contribution is -0.138. The maximum atomic E-state index is 13.6. The molecule has 0 bridgehead atoms. The number of alkyl halides is 6. The van der Waals surface area contributed by atoms with Crippen LogP contribution in [-0.2, 0) is 32.4 Å². The highest BCUT2D eigenvalue weighted by Gasteiger charge is 2.39. The maximum absolute atomic E-state index is 13.6. The van der Waals surface area contributed by atoms with Crippen LogP contribution in [0.1, 0.15) is 29.5 Å². The Bertz CT molecular complexity index is 1030. The van der Waals surface area contributed by atoms with E-state index in [0.29, 0.717) is 0 Å². The molecule has 0 atom stereocenters. The Labute approximate surface area is 189 Å². The van der Waals surface area contributed by atoms with Crippen molar-refractivity contribution in [2.24, 2.45) is 5.73 Å². The van der Waals surface area contributed by atoms with E-state index in [1.165, 1.54) is 24.3 Å². The van der Waals surface area contributed by atoms with Crippen molar-refractivity contribution in [3.63, 3.8) is 0 Å². The molecule has 33 heavy (non-hydrogen) atoms. The lowest BCUT2D eigenvalue weighted by Gasteiger charge is -2.34. The minimum atomic E-state index is -4.67. The molecule has 1 aliphatic heterocycles. The van der Waals surface area contributed by atoms with Gasteiger partial charge in [-0.3, -0.25) is 9.05 Å². The highest BCUT2D eigenvalue weighted by Crippen LogP contribution is 2.48. The number of phosphoric ester groups is 1. The highest BCUT2D eigenvalue weighted by molar-refractivity contribution is 7.99. The molecular weight excluding hydrogens is 495 g/mol. The predicted octanol–water partition coefficient (Wildman–Crippen LogP) is 6.04. The number of nitrogens with two attached hydrogens (primary N) is 1. The summed E-state index contributed by atoms with van der Waals surface area (Å²) in [6, 6.07) is 7.97. The zero-order valence-electron chi connectivity index (χ0n) is 16.9. The molecule has 0 aliphatic carbocycles. The van der Waals surface area contributed by atoms with Crippen LogP contribution in [0.2, 0.25) is 0 Å². The average Bonchev–Trinajstić information content (AvgIpc) is 2.70. The van der Waals surface area contributed by atoms with E-state index in [1.807, 2.05) is 0 Å². The van der Waals surface area contributed by atoms with Crippen LogP contribution in [0.5, 0.6) is 0 Å². The molecule has 1 saturated heterocycles. The van der Waals surface area contributed by atoms with Crippen molar-refractivity contribution in [1.82, 2.24) is 0 Å². The Kier molecular flexibility index (Phi) is 7.57. The first-order valence-corrected chi connectivity index (χ1v) is 11.9. The van der Waals surface area contributed by atoms with Crippen molar-refractivity contribution >= 4 is 19.6 Å². The van der Waals surface area contributed by atoms with Gasteiger partial charge in [0.05, 0.1) is 29.9 Å². The van der Waals surface area contributed by atoms with Crippen LogP contribution in [0, 0.1) is 0 Å². The van der Waals surface area contributed by atoms with Crippen molar-refractivity contribution in [1.29, 1.82) is 0 Å². The van der Waals surface area contributed by atoms with Gasteiger partial charge in [0.25, 0.3) is 0 Å². The third-order valence-corrected chi connectivity index (χ3v) is 6.82. The second-order valence-electron chi connectivity index (χ2n) is 7.68. The van der Waals surface area contributed by atoms with Gasteiger partial charge in [0.2, 0.25) is 0 Å². The minimum absolute atomic E-state index is 0.00460. The van der Waals surface area contributed by atoms with Crippen molar-refractivity contribution in [3.05, 3.63) is 59.2 Å². The molecule has 0 unspecified atom stereocenters. The van der Waals surface area contributed by atoms with Gasteiger partial charge in [0.15, 0.2) is 0 Å². The third-order valence-electron chi connectivity index (χ3n) is 4.93. The predicted molar refractivity (Wildman–Crippen MR) is 109 cm³/mol. The zero-order valence-corrected chi connectivity index (χ0v) is 18.7. The fourth-order valence-electron chi connectivity index (χ4n) is 3.25. The number of aryl methyl sites for hydroxylation is 1. The van der Waals surface area contributed by atoms with Gasteiger partial charge in [-0.25, -0.2) is 4.57 Å². The maximum Gasteiger partial charge on any atom is 0.472 e. The molecule has 1 heterocycles. The van der Waals surface area contributed by atoms with Gasteiger partial charge in [-0.05, 0) is 55.2 Å². The second kappa shape index (κ2) is 9.59. The monoisotopic (exact) mass is 515 g/mol. The van der Waals surface area contributed by atoms with E-state index in [-0.39, 0.29) is 47.8 Å². The van der Waals surface area contributed by atoms with Crippen LogP contribution in [0.3, 0.4) is 0 Å². The van der Waals surface area contributed by atoms with Crippen molar-refractivity contribution in [2.45, 2.75) is 46.9 Å². The molecule has 3 rings (SSSR count). The quantitative estimate of drug-likeness (QED) is 0.361. The number of halogens is 6. The van der Waals surface area contributed by atoms with Crippen molar-refractivity contribution in [3.8, 4) is 0 Å². The molecule has 13 heteroatoms. The Hall–Kier alpha value is -1.56. The summed E-state index contributed by atoms with van der Waals surface area (Å²) in [5.41, 5.74) is 3.16. The van der Waals surface area contributed by atoms with E-state index < -0.39 is 36.8 Å². The largest absolute Gasteiger partial charge is 0.472 e. The number of hydrogen-bond acceptors (Lipinski definition) is 5. The van der Waals surface area contributed by atoms with Gasteiger partial charge < -0.3 is 10.6 Å². The van der Waals surface area contributed by atoms with Crippen LogP contribution < -0.4 is 5.73 Å². The topological polar surface area (TPSA) is 81.8 Å². The van der Waals surface area contributed by atoms with Crippen LogP contribution in [0.15, 0.2) is 52.3 Å². The molecule has 0 spiro atoms. The van der Waals surface area contributed by atoms with Gasteiger partial charge in [-0.1, -0.05) is 23.9 Å². The van der Waals surface area contributed by atoms with Crippen LogP contribution in [-0.4, -0.2) is 23.6 Å². The van der Waals surface area contributed by atoms with E-state index >= 15 is 0 Å². The Balaban J connectivity index is 1.72. The van der Waals surface area contributed by atoms with Gasteiger partial charge >= 0.3 is 20.2 Å². The average molecular weight is 515 g/mol. The fourth-order valence-corrected chi connectivity index (χ4v) is 5.08. The van der Waals surface area contributed by atoms with Gasteiger partial charge in [0.1, 0.15) is 0 Å². The standard InChI is InChI=1S/C20H20F6NO4PS/c21-19(22,23)14-4-1-5-15(9-14)33-16-7-6-13(17(10-16)20(24,25)26)3-2-8-18(27)11-30-32(28,29)31-12-18/h1,4-7,9-10H,2-3,8,11-12,27H2,(H,28,29). The molecule has 0 amide bonds. The minimum Gasteiger partial charge on any atom is -0.321 e. The Morgan fingerprint density at radius 3 is 2.24 bits per heavy atom. The van der Waals surface area contributed by atoms with Crippen molar-refractivity contribution in [2.75, 3.05) is 13.2 Å². The molecular formula is C20H20F6NO4PS. The van der Waals surface area contributed by atoms with Crippen molar-refractivity contribution < 1.29 is 44.8 Å². The normalized spacial score (nSPS) is 24.1. The molecule has 2 aromatic carbocycles. The van der Waals surface area contributed by atoms with Crippen LogP contribution in [0.4, 0.5) is 26.3 Å². The van der Waals surface area contributed by atoms with Crippen LogP contribution >= 0.6 is 19.6 Å². The fraction of sp³-hybridized carbons (Fsp3) is 0.400. The highest BCUT2D eigenvalue weighted by atomic mass is 32.2. The summed E-state index contributed by atoms with van der Waals surface area (Å²) in [6.07, 6.45) is -8.80. The van der Waals surface area contributed by atoms with Crippen LogP contribution in [0.25, 0.3) is 0 Å². The molecule has 0 saturated carbocycles. The first-order valence-electron chi connectivity index (χ1n) is 9.63. The number of rotatable bonds is 6. The SMILES string of the molecule is NC1(CCCc2ccc(Sc3cccc(C(F)(F)F)c3)cc2C(F)(F)F)COP(=O)(O)OC1.